The second kappa shape index (κ2) is 4.30. The molecule has 0 saturated heterocycles. The van der Waals surface area contributed by atoms with Gasteiger partial charge in [0.2, 0.25) is 11.8 Å². The molecule has 0 spiro atoms. The highest BCUT2D eigenvalue weighted by Gasteiger charge is 2.28. The molecule has 0 aromatic rings. The van der Waals surface area contributed by atoms with Crippen LogP contribution in [0.3, 0.4) is 0 Å². The lowest BCUT2D eigenvalue weighted by molar-refractivity contribution is -0.129. The summed E-state index contributed by atoms with van der Waals surface area (Å²) in [5.74, 6) is -0.615. The Bertz CT molecular complexity index is 313. The number of nitriles is 1. The Kier molecular flexibility index (Phi) is 3.30. The SMILES string of the molecule is CC(C)(C#N)C(=O)NCC(=O)NC1CC1. The van der Waals surface area contributed by atoms with E-state index in [1.807, 2.05) is 6.07 Å². The van der Waals surface area contributed by atoms with Crippen molar-refractivity contribution in [1.82, 2.24) is 10.6 Å². The molecule has 2 N–H and O–H groups in total. The molecule has 0 aliphatic heterocycles. The van der Waals surface area contributed by atoms with Crippen LogP contribution in [0.2, 0.25) is 0 Å². The molecule has 0 aromatic heterocycles. The minimum absolute atomic E-state index is 0.0551. The highest BCUT2D eigenvalue weighted by Crippen LogP contribution is 2.18. The van der Waals surface area contributed by atoms with Gasteiger partial charge in [-0.3, -0.25) is 9.59 Å². The maximum atomic E-state index is 11.4. The van der Waals surface area contributed by atoms with Crippen LogP contribution < -0.4 is 10.6 Å². The molecule has 82 valence electrons. The molecule has 0 radical (unpaired) electrons. The average molecular weight is 209 g/mol. The second-order valence-electron chi connectivity index (χ2n) is 4.26. The predicted octanol–water partition coefficient (Wildman–Crippen LogP) is -0.0690. The zero-order valence-electron chi connectivity index (χ0n) is 8.96. The lowest BCUT2D eigenvalue weighted by atomic mass is 9.95. The molecule has 1 rings (SSSR count). The summed E-state index contributed by atoms with van der Waals surface area (Å²) in [6.07, 6.45) is 2.03. The molecule has 1 saturated carbocycles. The van der Waals surface area contributed by atoms with Gasteiger partial charge in [-0.15, -0.1) is 0 Å². The number of hydrogen-bond acceptors (Lipinski definition) is 3. The summed E-state index contributed by atoms with van der Waals surface area (Å²) in [6.45, 7) is 2.97. The first-order chi connectivity index (χ1) is 6.95. The smallest absolute Gasteiger partial charge is 0.240 e. The summed E-state index contributed by atoms with van der Waals surface area (Å²) in [5, 5.41) is 13.8. The molecule has 2 amide bonds. The fraction of sp³-hybridized carbons (Fsp3) is 0.700. The number of hydrogen-bond donors (Lipinski definition) is 2. The van der Waals surface area contributed by atoms with Crippen molar-refractivity contribution in [2.45, 2.75) is 32.7 Å². The minimum atomic E-state index is -1.08. The van der Waals surface area contributed by atoms with E-state index >= 15 is 0 Å². The first-order valence-electron chi connectivity index (χ1n) is 4.94. The molecule has 0 unspecified atom stereocenters. The number of amides is 2. The highest BCUT2D eigenvalue weighted by molar-refractivity contribution is 5.89. The molecular weight excluding hydrogens is 194 g/mol. The fourth-order valence-corrected chi connectivity index (χ4v) is 0.939. The molecule has 5 nitrogen and oxygen atoms in total. The van der Waals surface area contributed by atoms with Crippen molar-refractivity contribution < 1.29 is 9.59 Å². The van der Waals surface area contributed by atoms with Crippen LogP contribution in [0.5, 0.6) is 0 Å². The van der Waals surface area contributed by atoms with Crippen LogP contribution in [0.25, 0.3) is 0 Å². The third-order valence-corrected chi connectivity index (χ3v) is 2.20. The summed E-state index contributed by atoms with van der Waals surface area (Å²) in [7, 11) is 0. The predicted molar refractivity (Wildman–Crippen MR) is 53.6 cm³/mol. The van der Waals surface area contributed by atoms with Gasteiger partial charge in [-0.05, 0) is 26.7 Å². The molecule has 0 aromatic carbocycles. The van der Waals surface area contributed by atoms with Crippen molar-refractivity contribution in [2.75, 3.05) is 6.54 Å². The number of carbonyl (C=O) groups excluding carboxylic acids is 2. The summed E-state index contributed by atoms with van der Waals surface area (Å²) < 4.78 is 0. The van der Waals surface area contributed by atoms with Crippen LogP contribution in [0.4, 0.5) is 0 Å². The molecule has 5 heteroatoms. The van der Waals surface area contributed by atoms with Crippen molar-refractivity contribution >= 4 is 11.8 Å². The van der Waals surface area contributed by atoms with Gasteiger partial charge < -0.3 is 10.6 Å². The number of nitrogens with one attached hydrogen (secondary N) is 2. The molecule has 0 heterocycles. The lowest BCUT2D eigenvalue weighted by Gasteiger charge is -2.14. The van der Waals surface area contributed by atoms with E-state index in [1.165, 1.54) is 13.8 Å². The van der Waals surface area contributed by atoms with Gasteiger partial charge in [0, 0.05) is 6.04 Å². The van der Waals surface area contributed by atoms with Crippen molar-refractivity contribution in [3.05, 3.63) is 0 Å². The third kappa shape index (κ3) is 3.58. The molecule has 1 aliphatic carbocycles. The van der Waals surface area contributed by atoms with Crippen LogP contribution in [-0.4, -0.2) is 24.4 Å². The van der Waals surface area contributed by atoms with Crippen LogP contribution >= 0.6 is 0 Å². The zero-order chi connectivity index (χ0) is 11.5. The van der Waals surface area contributed by atoms with E-state index in [0.717, 1.165) is 12.8 Å². The van der Waals surface area contributed by atoms with Gasteiger partial charge in [0.15, 0.2) is 0 Å². The van der Waals surface area contributed by atoms with Gasteiger partial charge in [0.05, 0.1) is 12.6 Å². The van der Waals surface area contributed by atoms with Gasteiger partial charge >= 0.3 is 0 Å². The van der Waals surface area contributed by atoms with Crippen molar-refractivity contribution in [2.24, 2.45) is 5.41 Å². The largest absolute Gasteiger partial charge is 0.352 e. The highest BCUT2D eigenvalue weighted by atomic mass is 16.2. The quantitative estimate of drug-likeness (QED) is 0.680. The van der Waals surface area contributed by atoms with E-state index in [4.69, 9.17) is 5.26 Å². The Morgan fingerprint density at radius 2 is 2.07 bits per heavy atom. The maximum absolute atomic E-state index is 11.4. The van der Waals surface area contributed by atoms with Crippen molar-refractivity contribution in [1.29, 1.82) is 5.26 Å². The first kappa shape index (κ1) is 11.5. The molecule has 1 aliphatic rings. The molecular formula is C10H15N3O2. The Morgan fingerprint density at radius 1 is 1.47 bits per heavy atom. The van der Waals surface area contributed by atoms with Crippen molar-refractivity contribution in [3.8, 4) is 6.07 Å². The third-order valence-electron chi connectivity index (χ3n) is 2.20. The van der Waals surface area contributed by atoms with Crippen molar-refractivity contribution in [3.63, 3.8) is 0 Å². The van der Waals surface area contributed by atoms with Gasteiger partial charge in [-0.1, -0.05) is 0 Å². The summed E-state index contributed by atoms with van der Waals surface area (Å²) in [5.41, 5.74) is -1.08. The second-order valence-corrected chi connectivity index (χ2v) is 4.26. The summed E-state index contributed by atoms with van der Waals surface area (Å²) in [4.78, 5) is 22.6. The molecule has 0 atom stereocenters. The number of nitrogens with zero attached hydrogens (tertiary/aromatic N) is 1. The fourth-order valence-electron chi connectivity index (χ4n) is 0.939. The van der Waals surface area contributed by atoms with E-state index in [2.05, 4.69) is 10.6 Å². The van der Waals surface area contributed by atoms with Gasteiger partial charge in [0.25, 0.3) is 0 Å². The zero-order valence-corrected chi connectivity index (χ0v) is 8.96. The van der Waals surface area contributed by atoms with E-state index in [-0.39, 0.29) is 12.5 Å². The first-order valence-corrected chi connectivity index (χ1v) is 4.94. The Hall–Kier alpha value is -1.57. The van der Waals surface area contributed by atoms with E-state index in [9.17, 15) is 9.59 Å². The van der Waals surface area contributed by atoms with Crippen LogP contribution in [0, 0.1) is 16.7 Å². The Balaban J connectivity index is 2.27. The lowest BCUT2D eigenvalue weighted by Crippen LogP contribution is -2.42. The van der Waals surface area contributed by atoms with Gasteiger partial charge in [-0.2, -0.15) is 5.26 Å². The average Bonchev–Trinajstić information content (AvgIpc) is 2.97. The molecule has 15 heavy (non-hydrogen) atoms. The Morgan fingerprint density at radius 3 is 2.53 bits per heavy atom. The molecule has 1 fully saturated rings. The van der Waals surface area contributed by atoms with E-state index < -0.39 is 11.3 Å². The number of carbonyl (C=O) groups is 2. The minimum Gasteiger partial charge on any atom is -0.352 e. The van der Waals surface area contributed by atoms with Gasteiger partial charge in [0.1, 0.15) is 5.41 Å². The maximum Gasteiger partial charge on any atom is 0.240 e. The van der Waals surface area contributed by atoms with Gasteiger partial charge in [-0.25, -0.2) is 0 Å². The van der Waals surface area contributed by atoms with Crippen LogP contribution in [0.1, 0.15) is 26.7 Å². The summed E-state index contributed by atoms with van der Waals surface area (Å²) in [6, 6.07) is 2.16. The molecule has 0 bridgehead atoms. The standard InChI is InChI=1S/C10H15N3O2/c1-10(2,6-11)9(15)12-5-8(14)13-7-3-4-7/h7H,3-5H2,1-2H3,(H,12,15)(H,13,14). The topological polar surface area (TPSA) is 82.0 Å². The number of rotatable bonds is 4. The van der Waals surface area contributed by atoms with Crippen LogP contribution in [-0.2, 0) is 9.59 Å². The Labute approximate surface area is 88.8 Å². The van der Waals surface area contributed by atoms with E-state index in [0.29, 0.717) is 6.04 Å². The van der Waals surface area contributed by atoms with Crippen LogP contribution in [0.15, 0.2) is 0 Å². The summed E-state index contributed by atoms with van der Waals surface area (Å²) >= 11 is 0. The normalized spacial score (nSPS) is 15.3. The van der Waals surface area contributed by atoms with E-state index in [1.54, 1.807) is 0 Å². The monoisotopic (exact) mass is 209 g/mol.